The lowest BCUT2D eigenvalue weighted by Crippen LogP contribution is -2.31. The van der Waals surface area contributed by atoms with Crippen LogP contribution in [0.2, 0.25) is 0 Å². The normalized spacial score (nSPS) is 16.6. The molecule has 0 N–H and O–H groups in total. The molecule has 1 aromatic carbocycles. The van der Waals surface area contributed by atoms with Crippen LogP contribution in [0.25, 0.3) is 6.08 Å². The standard InChI is InChI=1S/C16H18BrNO3S2/c1-9(2)8-18-15(19)14(23-16(18)22)6-10-5-12(20-3)13(21-4)7-11(10)17/h5-7,9H,8H2,1-4H3/b14-6-. The molecule has 0 aromatic heterocycles. The Morgan fingerprint density at radius 2 is 1.91 bits per heavy atom. The number of halogens is 1. The molecular weight excluding hydrogens is 398 g/mol. The predicted molar refractivity (Wildman–Crippen MR) is 102 cm³/mol. The molecule has 1 aromatic rings. The van der Waals surface area contributed by atoms with Crippen LogP contribution in [0.5, 0.6) is 11.5 Å². The van der Waals surface area contributed by atoms with Crippen molar-refractivity contribution in [3.8, 4) is 11.5 Å². The lowest BCUT2D eigenvalue weighted by molar-refractivity contribution is -0.122. The van der Waals surface area contributed by atoms with E-state index in [4.69, 9.17) is 21.7 Å². The van der Waals surface area contributed by atoms with E-state index in [1.54, 1.807) is 19.1 Å². The van der Waals surface area contributed by atoms with E-state index < -0.39 is 0 Å². The Morgan fingerprint density at radius 1 is 1.30 bits per heavy atom. The van der Waals surface area contributed by atoms with Gasteiger partial charge < -0.3 is 9.47 Å². The van der Waals surface area contributed by atoms with E-state index in [0.717, 1.165) is 10.0 Å². The molecule has 0 spiro atoms. The molecule has 1 aliphatic heterocycles. The number of carbonyl (C=O) groups is 1. The molecule has 0 atom stereocenters. The highest BCUT2D eigenvalue weighted by Crippen LogP contribution is 2.38. The number of rotatable bonds is 5. The van der Waals surface area contributed by atoms with Crippen LogP contribution in [0.4, 0.5) is 0 Å². The monoisotopic (exact) mass is 415 g/mol. The quantitative estimate of drug-likeness (QED) is 0.528. The second-order valence-electron chi connectivity index (χ2n) is 5.41. The van der Waals surface area contributed by atoms with E-state index in [0.29, 0.717) is 33.2 Å². The molecule has 4 nitrogen and oxygen atoms in total. The number of ether oxygens (including phenoxy) is 2. The van der Waals surface area contributed by atoms with Crippen molar-refractivity contribution < 1.29 is 14.3 Å². The van der Waals surface area contributed by atoms with Crippen molar-refractivity contribution in [2.45, 2.75) is 13.8 Å². The Balaban J connectivity index is 2.36. The SMILES string of the molecule is COc1cc(Br)c(/C=C2\SC(=S)N(CC(C)C)C2=O)cc1OC. The number of thiocarbonyl (C=S) groups is 1. The molecule has 1 fully saturated rings. The molecule has 124 valence electrons. The summed E-state index contributed by atoms with van der Waals surface area (Å²) in [6.45, 7) is 4.76. The van der Waals surface area contributed by atoms with Crippen LogP contribution in [0, 0.1) is 5.92 Å². The number of nitrogens with zero attached hydrogens (tertiary/aromatic N) is 1. The zero-order valence-corrected chi connectivity index (χ0v) is 16.6. The largest absolute Gasteiger partial charge is 0.493 e. The highest BCUT2D eigenvalue weighted by atomic mass is 79.9. The Labute approximate surface area is 154 Å². The summed E-state index contributed by atoms with van der Waals surface area (Å²) in [5.41, 5.74) is 0.840. The van der Waals surface area contributed by atoms with Gasteiger partial charge in [-0.2, -0.15) is 0 Å². The van der Waals surface area contributed by atoms with Crippen LogP contribution in [0.15, 0.2) is 21.5 Å². The Bertz CT molecular complexity index is 674. The summed E-state index contributed by atoms with van der Waals surface area (Å²) in [6, 6.07) is 3.65. The summed E-state index contributed by atoms with van der Waals surface area (Å²) in [5, 5.41) is 0. The Morgan fingerprint density at radius 3 is 2.48 bits per heavy atom. The molecular formula is C16H18BrNO3S2. The van der Waals surface area contributed by atoms with Gasteiger partial charge in [0, 0.05) is 11.0 Å². The van der Waals surface area contributed by atoms with E-state index >= 15 is 0 Å². The first-order chi connectivity index (χ1) is 10.9. The summed E-state index contributed by atoms with van der Waals surface area (Å²) < 4.78 is 12.0. The van der Waals surface area contributed by atoms with E-state index in [2.05, 4.69) is 29.8 Å². The topological polar surface area (TPSA) is 38.8 Å². The van der Waals surface area contributed by atoms with Crippen molar-refractivity contribution in [3.05, 3.63) is 27.1 Å². The fourth-order valence-corrected chi connectivity index (χ4v) is 3.85. The molecule has 1 heterocycles. The maximum Gasteiger partial charge on any atom is 0.266 e. The first-order valence-corrected chi connectivity index (χ1v) is 9.06. The molecule has 0 bridgehead atoms. The maximum absolute atomic E-state index is 12.5. The predicted octanol–water partition coefficient (Wildman–Crippen LogP) is 4.32. The average Bonchev–Trinajstić information content (AvgIpc) is 2.76. The molecule has 0 radical (unpaired) electrons. The minimum atomic E-state index is -0.0459. The molecule has 7 heteroatoms. The number of hydrogen-bond donors (Lipinski definition) is 0. The number of hydrogen-bond acceptors (Lipinski definition) is 5. The van der Waals surface area contributed by atoms with Crippen molar-refractivity contribution in [2.75, 3.05) is 20.8 Å². The average molecular weight is 416 g/mol. The van der Waals surface area contributed by atoms with Gasteiger partial charge in [0.2, 0.25) is 0 Å². The Kier molecular flexibility index (Phi) is 6.11. The van der Waals surface area contributed by atoms with Crippen LogP contribution in [-0.2, 0) is 4.79 Å². The molecule has 1 amide bonds. The summed E-state index contributed by atoms with van der Waals surface area (Å²) in [5.74, 6) is 1.56. The molecule has 1 saturated heterocycles. The van der Waals surface area contributed by atoms with Crippen LogP contribution < -0.4 is 9.47 Å². The third kappa shape index (κ3) is 4.08. The fourth-order valence-electron chi connectivity index (χ4n) is 2.14. The summed E-state index contributed by atoms with van der Waals surface area (Å²) in [6.07, 6.45) is 1.83. The van der Waals surface area contributed by atoms with Crippen molar-refractivity contribution >= 4 is 56.2 Å². The summed E-state index contributed by atoms with van der Waals surface area (Å²) in [7, 11) is 3.17. The fraction of sp³-hybridized carbons (Fsp3) is 0.375. The van der Waals surface area contributed by atoms with Gasteiger partial charge in [-0.25, -0.2) is 0 Å². The van der Waals surface area contributed by atoms with Gasteiger partial charge in [0.25, 0.3) is 5.91 Å². The van der Waals surface area contributed by atoms with Crippen molar-refractivity contribution in [3.63, 3.8) is 0 Å². The minimum absolute atomic E-state index is 0.0459. The van der Waals surface area contributed by atoms with Crippen LogP contribution in [-0.4, -0.2) is 35.9 Å². The number of methoxy groups -OCH3 is 2. The summed E-state index contributed by atoms with van der Waals surface area (Å²) in [4.78, 5) is 14.8. The van der Waals surface area contributed by atoms with E-state index in [1.165, 1.54) is 11.8 Å². The Hall–Kier alpha value is -1.05. The summed E-state index contributed by atoms with van der Waals surface area (Å²) >= 11 is 10.1. The second-order valence-corrected chi connectivity index (χ2v) is 7.94. The second kappa shape index (κ2) is 7.68. The van der Waals surface area contributed by atoms with Gasteiger partial charge >= 0.3 is 0 Å². The van der Waals surface area contributed by atoms with Gasteiger partial charge in [-0.05, 0) is 29.7 Å². The van der Waals surface area contributed by atoms with E-state index in [1.807, 2.05) is 18.2 Å². The lowest BCUT2D eigenvalue weighted by atomic mass is 10.1. The van der Waals surface area contributed by atoms with Crippen molar-refractivity contribution in [2.24, 2.45) is 5.92 Å². The van der Waals surface area contributed by atoms with Gasteiger partial charge in [-0.3, -0.25) is 9.69 Å². The van der Waals surface area contributed by atoms with Gasteiger partial charge in [-0.15, -0.1) is 0 Å². The highest BCUT2D eigenvalue weighted by Gasteiger charge is 2.32. The third-order valence-corrected chi connectivity index (χ3v) is 5.28. The molecule has 0 aliphatic carbocycles. The number of amides is 1. The number of carbonyl (C=O) groups excluding carboxylic acids is 1. The zero-order valence-electron chi connectivity index (χ0n) is 13.4. The highest BCUT2D eigenvalue weighted by molar-refractivity contribution is 9.10. The van der Waals surface area contributed by atoms with Crippen molar-refractivity contribution in [1.29, 1.82) is 0 Å². The minimum Gasteiger partial charge on any atom is -0.493 e. The first-order valence-electron chi connectivity index (χ1n) is 7.04. The van der Waals surface area contributed by atoms with Crippen LogP contribution in [0.1, 0.15) is 19.4 Å². The van der Waals surface area contributed by atoms with Gasteiger partial charge in [0.05, 0.1) is 19.1 Å². The first kappa shape index (κ1) is 18.3. The lowest BCUT2D eigenvalue weighted by Gasteiger charge is -2.16. The molecule has 0 saturated carbocycles. The number of benzene rings is 1. The zero-order chi connectivity index (χ0) is 17.1. The van der Waals surface area contributed by atoms with Crippen molar-refractivity contribution in [1.82, 2.24) is 4.90 Å². The molecule has 0 unspecified atom stereocenters. The van der Waals surface area contributed by atoms with Gasteiger partial charge in [0.1, 0.15) is 4.32 Å². The molecule has 2 rings (SSSR count). The smallest absolute Gasteiger partial charge is 0.266 e. The molecule has 1 aliphatic rings. The molecule has 23 heavy (non-hydrogen) atoms. The third-order valence-electron chi connectivity index (χ3n) is 3.21. The van der Waals surface area contributed by atoms with Gasteiger partial charge in [-0.1, -0.05) is 53.8 Å². The van der Waals surface area contributed by atoms with E-state index in [-0.39, 0.29) is 5.91 Å². The van der Waals surface area contributed by atoms with Crippen LogP contribution in [0.3, 0.4) is 0 Å². The van der Waals surface area contributed by atoms with E-state index in [9.17, 15) is 4.79 Å². The number of thioether (sulfide) groups is 1. The maximum atomic E-state index is 12.5. The van der Waals surface area contributed by atoms with Crippen LogP contribution >= 0.6 is 39.9 Å². The van der Waals surface area contributed by atoms with Gasteiger partial charge in [0.15, 0.2) is 11.5 Å².